The van der Waals surface area contributed by atoms with Gasteiger partial charge in [-0.2, -0.15) is 4.98 Å². The number of carbonyl (C=O) groups is 2. The van der Waals surface area contributed by atoms with Crippen molar-refractivity contribution in [2.24, 2.45) is 5.92 Å². The van der Waals surface area contributed by atoms with Crippen LogP contribution >= 0.6 is 23.1 Å². The van der Waals surface area contributed by atoms with Crippen LogP contribution in [0, 0.1) is 17.6 Å². The van der Waals surface area contributed by atoms with Crippen LogP contribution in [-0.4, -0.2) is 122 Å². The summed E-state index contributed by atoms with van der Waals surface area (Å²) in [5.41, 5.74) is 5.88. The summed E-state index contributed by atoms with van der Waals surface area (Å²) in [6.07, 6.45) is 5.66. The molecule has 0 spiro atoms. The highest BCUT2D eigenvalue weighted by molar-refractivity contribution is 9.10. The summed E-state index contributed by atoms with van der Waals surface area (Å²) in [6, 6.07) is 15.3. The zero-order chi connectivity index (χ0) is 47.9. The van der Waals surface area contributed by atoms with Crippen molar-refractivity contribution in [3.63, 3.8) is 0 Å². The smallest absolute Gasteiger partial charge is 0.234 e. The number of hydrogen-bond acceptors (Lipinski definition) is 13. The van der Waals surface area contributed by atoms with Gasteiger partial charge in [-0.1, -0.05) is 19.9 Å². The molecule has 18 heteroatoms. The zero-order valence-electron chi connectivity index (χ0n) is 39.4. The molecule has 1 unspecified atom stereocenters. The Hall–Kier alpha value is -5.22. The highest BCUT2D eigenvalue weighted by atomic mass is 79.9. The molecule has 2 aromatic heterocycles. The van der Waals surface area contributed by atoms with Crippen LogP contribution in [0.15, 0.2) is 59.2 Å². The molecule has 9 rings (SSSR count). The van der Waals surface area contributed by atoms with Gasteiger partial charge < -0.3 is 34.6 Å². The van der Waals surface area contributed by atoms with Crippen LogP contribution in [-0.2, 0) is 27.0 Å². The predicted molar refractivity (Wildman–Crippen MR) is 269 cm³/mol. The van der Waals surface area contributed by atoms with Gasteiger partial charge in [0.25, 0.3) is 0 Å². The van der Waals surface area contributed by atoms with Crippen molar-refractivity contribution in [3.05, 3.63) is 87.7 Å². The highest BCUT2D eigenvalue weighted by Gasteiger charge is 2.36. The third kappa shape index (κ3) is 10.1. The second kappa shape index (κ2) is 20.0. The number of fused-ring (bicyclic) bond motifs is 1. The maximum absolute atomic E-state index is 15.2. The van der Waals surface area contributed by atoms with Crippen LogP contribution in [0.5, 0.6) is 5.75 Å². The molecule has 0 aliphatic carbocycles. The number of aromatic nitrogens is 3. The lowest BCUT2D eigenvalue weighted by molar-refractivity contribution is -0.134. The monoisotopic (exact) mass is 1010 g/mol. The molecule has 0 bridgehead atoms. The Labute approximate surface area is 405 Å². The van der Waals surface area contributed by atoms with Gasteiger partial charge in [-0.05, 0) is 103 Å². The quantitative estimate of drug-likeness (QED) is 0.0727. The molecule has 4 saturated heterocycles. The first-order valence-corrected chi connectivity index (χ1v) is 27.1. The van der Waals surface area contributed by atoms with E-state index in [4.69, 9.17) is 14.7 Å². The Morgan fingerprint density at radius 2 is 1.60 bits per heavy atom. The first kappa shape index (κ1) is 47.8. The van der Waals surface area contributed by atoms with Crippen LogP contribution in [0.2, 0.25) is 0 Å². The SMILES string of the molecule is CCc1ccc2c(P(C)(C)=O)c(Nc3nc(Nc4cc(CC)c(N5CCC(N6CCN(CC7CN(c8cc(F)c(C9CCC(=O)NC9=O)c(F)c8)C7)CC6)CC5)cc4OC)ncc3Br)ccc2n1. The predicted octanol–water partition coefficient (Wildman–Crippen LogP) is 8.18. The van der Waals surface area contributed by atoms with E-state index in [1.165, 1.54) is 23.4 Å². The maximum Gasteiger partial charge on any atom is 0.234 e. The molecule has 5 aromatic rings. The molecule has 0 saturated carbocycles. The topological polar surface area (TPSA) is 148 Å². The average molecular weight is 1010 g/mol. The summed E-state index contributed by atoms with van der Waals surface area (Å²) < 4.78 is 50.7. The first-order valence-electron chi connectivity index (χ1n) is 23.7. The average Bonchev–Trinajstić information content (AvgIpc) is 3.31. The van der Waals surface area contributed by atoms with Crippen molar-refractivity contribution in [2.45, 2.75) is 64.3 Å². The van der Waals surface area contributed by atoms with E-state index in [9.17, 15) is 14.2 Å². The Kier molecular flexibility index (Phi) is 14.1. The first-order chi connectivity index (χ1) is 32.7. The maximum atomic E-state index is 15.2. The Bertz CT molecular complexity index is 2750. The number of nitrogens with one attached hydrogen (secondary N) is 3. The standard InChI is InChI=1S/C50H60BrF2N10O4P/c1-6-31-22-42(57-50-54-26-37(51)48(59-50)56-41-12-11-40-35(47(41)68(4,5)66)9-8-32(7-2)55-40)44(67-3)25-43(31)62-16-14-33(15-17-62)61-20-18-60(19-21-61)27-30-28-63(29-30)34-23-38(52)46(39(53)24-34)36-10-13-45(64)58-49(36)65/h8-9,11-12,22-26,30,33,36H,6-7,10,13-21,27-29H2,1-5H3,(H,58,64,65)(H2,54,56,57,59). The fraction of sp³-hybridized carbons (Fsp3) is 0.460. The number of carbonyl (C=O) groups excluding carboxylic acids is 2. The van der Waals surface area contributed by atoms with Gasteiger partial charge in [-0.3, -0.25) is 24.8 Å². The highest BCUT2D eigenvalue weighted by Crippen LogP contribution is 2.43. The van der Waals surface area contributed by atoms with E-state index in [0.717, 1.165) is 112 Å². The van der Waals surface area contributed by atoms with Gasteiger partial charge in [0.1, 0.15) is 30.3 Å². The van der Waals surface area contributed by atoms with Gasteiger partial charge in [0, 0.05) is 123 Å². The summed E-state index contributed by atoms with van der Waals surface area (Å²) in [5, 5.41) is 10.6. The molecule has 68 heavy (non-hydrogen) atoms. The number of ether oxygens (including phenoxy) is 1. The van der Waals surface area contributed by atoms with Crippen molar-refractivity contribution in [1.82, 2.24) is 30.1 Å². The fourth-order valence-corrected chi connectivity index (χ4v) is 12.2. The lowest BCUT2D eigenvalue weighted by Crippen LogP contribution is -2.57. The molecule has 2 amide bonds. The second-order valence-electron chi connectivity index (χ2n) is 18.9. The Balaban J connectivity index is 0.780. The molecule has 14 nitrogen and oxygen atoms in total. The number of nitrogens with zero attached hydrogens (tertiary/aromatic N) is 7. The second-order valence-corrected chi connectivity index (χ2v) is 22.9. The third-order valence-corrected chi connectivity index (χ3v) is 16.2. The fourth-order valence-electron chi connectivity index (χ4n) is 10.4. The summed E-state index contributed by atoms with van der Waals surface area (Å²) in [6.45, 7) is 16.1. The normalized spacial score (nSPS) is 19.0. The molecule has 4 fully saturated rings. The van der Waals surface area contributed by atoms with Gasteiger partial charge in [0.15, 0.2) is 0 Å². The van der Waals surface area contributed by atoms with E-state index < -0.39 is 36.5 Å². The Morgan fingerprint density at radius 3 is 2.26 bits per heavy atom. The number of piperazine rings is 1. The van der Waals surface area contributed by atoms with E-state index >= 15 is 8.78 Å². The summed E-state index contributed by atoms with van der Waals surface area (Å²) in [5.74, 6) is -1.51. The van der Waals surface area contributed by atoms with Crippen molar-refractivity contribution < 1.29 is 27.7 Å². The molecular weight excluding hydrogens is 953 g/mol. The van der Waals surface area contributed by atoms with Gasteiger partial charge >= 0.3 is 0 Å². The third-order valence-electron chi connectivity index (χ3n) is 14.0. The molecule has 6 heterocycles. The van der Waals surface area contributed by atoms with Gasteiger partial charge in [-0.15, -0.1) is 0 Å². The van der Waals surface area contributed by atoms with E-state index in [-0.39, 0.29) is 18.4 Å². The number of aryl methyl sites for hydroxylation is 2. The number of rotatable bonds is 14. The van der Waals surface area contributed by atoms with Crippen molar-refractivity contribution in [3.8, 4) is 5.75 Å². The van der Waals surface area contributed by atoms with Crippen molar-refractivity contribution in [2.75, 3.05) is 99.8 Å². The number of hydrogen-bond donors (Lipinski definition) is 3. The molecule has 360 valence electrons. The number of methoxy groups -OCH3 is 1. The van der Waals surface area contributed by atoms with E-state index in [0.29, 0.717) is 45.3 Å². The summed E-state index contributed by atoms with van der Waals surface area (Å²) in [4.78, 5) is 47.7. The largest absolute Gasteiger partial charge is 0.494 e. The van der Waals surface area contributed by atoms with Crippen LogP contribution in [0.25, 0.3) is 10.9 Å². The minimum Gasteiger partial charge on any atom is -0.494 e. The number of amides is 2. The number of imide groups is 1. The van der Waals surface area contributed by atoms with Crippen LogP contribution in [0.1, 0.15) is 62.3 Å². The van der Waals surface area contributed by atoms with Gasteiger partial charge in [0.05, 0.1) is 34.4 Å². The van der Waals surface area contributed by atoms with Gasteiger partial charge in [0.2, 0.25) is 17.8 Å². The Morgan fingerprint density at radius 1 is 0.868 bits per heavy atom. The molecule has 0 radical (unpaired) electrons. The number of anilines is 6. The van der Waals surface area contributed by atoms with E-state index in [2.05, 4.69) is 77.5 Å². The zero-order valence-corrected chi connectivity index (χ0v) is 41.9. The van der Waals surface area contributed by atoms with Crippen LogP contribution in [0.3, 0.4) is 0 Å². The van der Waals surface area contributed by atoms with Crippen molar-refractivity contribution in [1.29, 1.82) is 0 Å². The molecule has 4 aliphatic rings. The van der Waals surface area contributed by atoms with Gasteiger partial charge in [-0.25, -0.2) is 13.8 Å². The van der Waals surface area contributed by atoms with Crippen LogP contribution < -0.4 is 35.8 Å². The molecule has 4 aliphatic heterocycles. The van der Waals surface area contributed by atoms with E-state index in [1.54, 1.807) is 26.6 Å². The van der Waals surface area contributed by atoms with Crippen LogP contribution in [0.4, 0.5) is 43.3 Å². The summed E-state index contributed by atoms with van der Waals surface area (Å²) in [7, 11) is -1.06. The molecule has 3 N–H and O–H groups in total. The number of pyridine rings is 1. The number of piperidine rings is 2. The molecule has 3 aromatic carbocycles. The van der Waals surface area contributed by atoms with E-state index in [1.807, 2.05) is 29.2 Å². The lowest BCUT2D eigenvalue weighted by Gasteiger charge is -2.46. The lowest BCUT2D eigenvalue weighted by atomic mass is 9.89. The minimum atomic E-state index is -2.74. The molecule has 1 atom stereocenters. The van der Waals surface area contributed by atoms with Crippen molar-refractivity contribution >= 4 is 85.6 Å². The minimum absolute atomic E-state index is 0.0658. The molecular formula is C50H60BrF2N10O4P. The summed E-state index contributed by atoms with van der Waals surface area (Å²) >= 11 is 3.63. The number of benzene rings is 3. The number of halogens is 3.